The Kier molecular flexibility index (Phi) is 5.74. The molecule has 2 heterocycles. The zero-order valence-electron chi connectivity index (χ0n) is 17.8. The molecule has 1 amide bonds. The quantitative estimate of drug-likeness (QED) is 0.686. The SMILES string of the molecule is CC(CN1CCCC1)N1c2ccccc2Sc2ccc(C(=O)NCC3CCC3)cc21. The molecule has 0 aromatic heterocycles. The number of fused-ring (bicyclic) bond motifs is 2. The molecule has 4 nitrogen and oxygen atoms in total. The number of hydrogen-bond donors (Lipinski definition) is 1. The van der Waals surface area contributed by atoms with E-state index in [1.807, 2.05) is 17.8 Å². The lowest BCUT2D eigenvalue weighted by Crippen LogP contribution is -2.40. The molecule has 0 spiro atoms. The highest BCUT2D eigenvalue weighted by Gasteiger charge is 2.29. The summed E-state index contributed by atoms with van der Waals surface area (Å²) in [6, 6.07) is 15.2. The Morgan fingerprint density at radius 1 is 1.07 bits per heavy atom. The van der Waals surface area contributed by atoms with Crippen molar-refractivity contribution in [3.63, 3.8) is 0 Å². The summed E-state index contributed by atoms with van der Waals surface area (Å²) in [6.07, 6.45) is 6.42. The van der Waals surface area contributed by atoms with Gasteiger partial charge in [-0.2, -0.15) is 0 Å². The minimum Gasteiger partial charge on any atom is -0.352 e. The highest BCUT2D eigenvalue weighted by atomic mass is 32.2. The summed E-state index contributed by atoms with van der Waals surface area (Å²) in [5.74, 6) is 0.728. The lowest BCUT2D eigenvalue weighted by atomic mass is 9.85. The number of nitrogens with one attached hydrogen (secondary N) is 1. The average molecular weight is 422 g/mol. The molecule has 2 aliphatic heterocycles. The Balaban J connectivity index is 1.43. The van der Waals surface area contributed by atoms with Gasteiger partial charge < -0.3 is 15.1 Å². The molecule has 0 bridgehead atoms. The van der Waals surface area contributed by atoms with E-state index in [1.165, 1.54) is 66.4 Å². The number of rotatable bonds is 6. The first-order chi connectivity index (χ1) is 14.7. The van der Waals surface area contributed by atoms with E-state index in [4.69, 9.17) is 0 Å². The fourth-order valence-electron chi connectivity index (χ4n) is 4.86. The Hall–Kier alpha value is -1.98. The van der Waals surface area contributed by atoms with Crippen molar-refractivity contribution in [2.45, 2.75) is 54.9 Å². The average Bonchev–Trinajstić information content (AvgIpc) is 3.23. The molecule has 1 saturated carbocycles. The number of carbonyl (C=O) groups excluding carboxylic acids is 1. The molecule has 5 heteroatoms. The number of anilines is 2. The zero-order valence-corrected chi connectivity index (χ0v) is 18.6. The smallest absolute Gasteiger partial charge is 0.251 e. The predicted octanol–water partition coefficient (Wildman–Crippen LogP) is 5.30. The normalized spacial score (nSPS) is 19.7. The first kappa shape index (κ1) is 20.0. The van der Waals surface area contributed by atoms with Crippen LogP contribution in [0.5, 0.6) is 0 Å². The molecule has 3 aliphatic rings. The van der Waals surface area contributed by atoms with Crippen LogP contribution in [0, 0.1) is 5.92 Å². The van der Waals surface area contributed by atoms with Crippen LogP contribution in [0.3, 0.4) is 0 Å². The second kappa shape index (κ2) is 8.64. The standard InChI is InChI=1S/C25H31N3OS/c1-18(17-27-13-4-5-14-27)28-21-9-2-3-10-23(21)30-24-12-11-20(15-22(24)28)25(29)26-16-19-7-6-8-19/h2-3,9-12,15,18-19H,4-8,13-14,16-17H2,1H3,(H,26,29). The van der Waals surface area contributed by atoms with E-state index in [0.29, 0.717) is 12.0 Å². The molecule has 158 valence electrons. The topological polar surface area (TPSA) is 35.6 Å². The highest BCUT2D eigenvalue weighted by Crippen LogP contribution is 2.49. The van der Waals surface area contributed by atoms with Crippen LogP contribution >= 0.6 is 11.8 Å². The Labute approximate surface area is 184 Å². The van der Waals surface area contributed by atoms with E-state index in [0.717, 1.165) is 18.7 Å². The second-order valence-electron chi connectivity index (χ2n) is 8.99. The van der Waals surface area contributed by atoms with Gasteiger partial charge in [-0.1, -0.05) is 30.3 Å². The van der Waals surface area contributed by atoms with Gasteiger partial charge in [0, 0.05) is 34.5 Å². The van der Waals surface area contributed by atoms with E-state index >= 15 is 0 Å². The molecule has 2 fully saturated rings. The van der Waals surface area contributed by atoms with Gasteiger partial charge in [-0.25, -0.2) is 0 Å². The maximum absolute atomic E-state index is 12.8. The van der Waals surface area contributed by atoms with Gasteiger partial charge in [-0.3, -0.25) is 4.79 Å². The van der Waals surface area contributed by atoms with E-state index in [9.17, 15) is 4.79 Å². The molecule has 2 aromatic rings. The van der Waals surface area contributed by atoms with E-state index in [-0.39, 0.29) is 5.91 Å². The Morgan fingerprint density at radius 2 is 1.83 bits per heavy atom. The molecule has 1 atom stereocenters. The van der Waals surface area contributed by atoms with Crippen LogP contribution in [0.25, 0.3) is 0 Å². The molecule has 1 saturated heterocycles. The lowest BCUT2D eigenvalue weighted by molar-refractivity contribution is 0.0939. The third kappa shape index (κ3) is 3.97. The molecular formula is C25H31N3OS. The minimum absolute atomic E-state index is 0.0562. The van der Waals surface area contributed by atoms with E-state index in [1.54, 1.807) is 0 Å². The first-order valence-corrected chi connectivity index (χ1v) is 12.2. The van der Waals surface area contributed by atoms with Crippen LogP contribution in [0.1, 0.15) is 49.4 Å². The van der Waals surface area contributed by atoms with E-state index in [2.05, 4.69) is 58.4 Å². The maximum atomic E-state index is 12.8. The van der Waals surface area contributed by atoms with Crippen molar-refractivity contribution in [2.75, 3.05) is 31.1 Å². The maximum Gasteiger partial charge on any atom is 0.251 e. The van der Waals surface area contributed by atoms with Crippen molar-refractivity contribution in [1.82, 2.24) is 10.2 Å². The molecular weight excluding hydrogens is 390 g/mol. The predicted molar refractivity (Wildman–Crippen MR) is 124 cm³/mol. The number of hydrogen-bond acceptors (Lipinski definition) is 4. The van der Waals surface area contributed by atoms with Crippen LogP contribution in [0.15, 0.2) is 52.3 Å². The molecule has 2 aromatic carbocycles. The van der Waals surface area contributed by atoms with Crippen molar-refractivity contribution >= 4 is 29.0 Å². The van der Waals surface area contributed by atoms with Crippen LogP contribution < -0.4 is 10.2 Å². The zero-order chi connectivity index (χ0) is 20.5. The highest BCUT2D eigenvalue weighted by molar-refractivity contribution is 7.99. The van der Waals surface area contributed by atoms with Gasteiger partial charge in [0.25, 0.3) is 5.91 Å². The number of carbonyl (C=O) groups is 1. The van der Waals surface area contributed by atoms with Crippen LogP contribution in [-0.2, 0) is 0 Å². The van der Waals surface area contributed by atoms with Gasteiger partial charge in [-0.05, 0) is 81.9 Å². The van der Waals surface area contributed by atoms with Gasteiger partial charge in [0.1, 0.15) is 0 Å². The fraction of sp³-hybridized carbons (Fsp3) is 0.480. The fourth-order valence-corrected chi connectivity index (χ4v) is 5.91. The summed E-state index contributed by atoms with van der Waals surface area (Å²) in [4.78, 5) is 20.4. The van der Waals surface area contributed by atoms with Crippen molar-refractivity contribution < 1.29 is 4.79 Å². The van der Waals surface area contributed by atoms with Gasteiger partial charge in [0.2, 0.25) is 0 Å². The number of benzene rings is 2. The van der Waals surface area contributed by atoms with Crippen LogP contribution in [0.2, 0.25) is 0 Å². The van der Waals surface area contributed by atoms with E-state index < -0.39 is 0 Å². The summed E-state index contributed by atoms with van der Waals surface area (Å²) < 4.78 is 0. The van der Waals surface area contributed by atoms with Crippen LogP contribution in [0.4, 0.5) is 11.4 Å². The summed E-state index contributed by atoms with van der Waals surface area (Å²) >= 11 is 1.81. The minimum atomic E-state index is 0.0562. The number of likely N-dealkylation sites (tertiary alicyclic amines) is 1. The third-order valence-corrected chi connectivity index (χ3v) is 7.89. The molecule has 1 aliphatic carbocycles. The third-order valence-electron chi connectivity index (χ3n) is 6.76. The Morgan fingerprint density at radius 3 is 2.60 bits per heavy atom. The first-order valence-electron chi connectivity index (χ1n) is 11.4. The monoisotopic (exact) mass is 421 g/mol. The van der Waals surface area contributed by atoms with Crippen LogP contribution in [-0.4, -0.2) is 43.0 Å². The Bertz CT molecular complexity index is 920. The van der Waals surface area contributed by atoms with Gasteiger partial charge >= 0.3 is 0 Å². The van der Waals surface area contributed by atoms with Gasteiger partial charge in [-0.15, -0.1) is 0 Å². The van der Waals surface area contributed by atoms with Gasteiger partial charge in [0.15, 0.2) is 0 Å². The second-order valence-corrected chi connectivity index (χ2v) is 10.1. The molecule has 5 rings (SSSR count). The lowest BCUT2D eigenvalue weighted by Gasteiger charge is -2.39. The summed E-state index contributed by atoms with van der Waals surface area (Å²) in [6.45, 7) is 6.58. The van der Waals surface area contributed by atoms with Gasteiger partial charge in [0.05, 0.1) is 11.4 Å². The summed E-state index contributed by atoms with van der Waals surface area (Å²) in [7, 11) is 0. The molecule has 1 unspecified atom stereocenters. The number of amides is 1. The van der Waals surface area contributed by atoms with Crippen molar-refractivity contribution in [1.29, 1.82) is 0 Å². The molecule has 1 N–H and O–H groups in total. The summed E-state index contributed by atoms with van der Waals surface area (Å²) in [5.41, 5.74) is 3.20. The largest absolute Gasteiger partial charge is 0.352 e. The molecule has 0 radical (unpaired) electrons. The molecule has 30 heavy (non-hydrogen) atoms. The summed E-state index contributed by atoms with van der Waals surface area (Å²) in [5, 5.41) is 3.16. The van der Waals surface area contributed by atoms with Crippen molar-refractivity contribution in [2.24, 2.45) is 5.92 Å². The number of para-hydroxylation sites is 1. The number of nitrogens with zero attached hydrogens (tertiary/aromatic N) is 2. The van der Waals surface area contributed by atoms with Crippen molar-refractivity contribution in [3.8, 4) is 0 Å². The van der Waals surface area contributed by atoms with Crippen molar-refractivity contribution in [3.05, 3.63) is 48.0 Å².